The van der Waals surface area contributed by atoms with Gasteiger partial charge in [0.15, 0.2) is 0 Å². The van der Waals surface area contributed by atoms with Crippen LogP contribution in [0.4, 0.5) is 23.3 Å². The number of halogens is 5. The molecule has 74 heavy (non-hydrogen) atoms. The van der Waals surface area contributed by atoms with E-state index in [1.54, 1.807) is 110 Å². The summed E-state index contributed by atoms with van der Waals surface area (Å²) in [5.74, 6) is -1.09. The predicted octanol–water partition coefficient (Wildman–Crippen LogP) is 12.1. The lowest BCUT2D eigenvalue weighted by Crippen LogP contribution is -2.41. The van der Waals surface area contributed by atoms with Crippen molar-refractivity contribution in [2.45, 2.75) is 55.4 Å². The highest BCUT2D eigenvalue weighted by atomic mass is 36.0. The van der Waals surface area contributed by atoms with E-state index in [2.05, 4.69) is 48.7 Å². The summed E-state index contributed by atoms with van der Waals surface area (Å²) in [6.07, 6.45) is 3.04. The van der Waals surface area contributed by atoms with Gasteiger partial charge in [-0.05, 0) is 188 Å². The van der Waals surface area contributed by atoms with Crippen molar-refractivity contribution >= 4 is 121 Å². The number of carbonyl (C=O) groups is 6. The largest absolute Gasteiger partial charge is 0.711 e. The topological polar surface area (TPSA) is 221 Å². The third-order valence-electron chi connectivity index (χ3n) is 11.9. The minimum absolute atomic E-state index is 0.0410. The molecule has 0 bridgehead atoms. The van der Waals surface area contributed by atoms with Crippen LogP contribution >= 0.6 is 62.1 Å². The lowest BCUT2D eigenvalue weighted by molar-refractivity contribution is -0.591. The van der Waals surface area contributed by atoms with Crippen LogP contribution in [0, 0.1) is 60.6 Å². The molecule has 10 rings (SSSR count). The predicted molar refractivity (Wildman–Crippen MR) is 288 cm³/mol. The van der Waals surface area contributed by atoms with Gasteiger partial charge < -0.3 is 10.9 Å². The Morgan fingerprint density at radius 1 is 0.486 bits per heavy atom. The number of amides is 6. The zero-order valence-electron chi connectivity index (χ0n) is 40.7. The van der Waals surface area contributed by atoms with Crippen LogP contribution in [-0.4, -0.2) is 50.4 Å². The van der Waals surface area contributed by atoms with E-state index in [9.17, 15) is 38.5 Å². The number of imide groups is 3. The summed E-state index contributed by atoms with van der Waals surface area (Å²) in [6, 6.07) is 27.0. The molecule has 2 N–H and O–H groups in total. The van der Waals surface area contributed by atoms with Gasteiger partial charge >= 0.3 is 17.0 Å². The number of anilines is 4. The summed E-state index contributed by atoms with van der Waals surface area (Å²) in [7, 11) is 0. The molecular formula is C52H44Cl5N8O8P. The van der Waals surface area contributed by atoms with E-state index in [1.165, 1.54) is 6.20 Å². The third-order valence-corrected chi connectivity index (χ3v) is 12.6. The fraction of sp³-hybridized carbons (Fsp3) is 0.154. The molecule has 0 fully saturated rings. The number of benzene rings is 3. The molecule has 0 radical (unpaired) electrons. The normalized spacial score (nSPS) is 13.2. The van der Waals surface area contributed by atoms with Gasteiger partial charge in [0.2, 0.25) is 0 Å². The summed E-state index contributed by atoms with van der Waals surface area (Å²) in [5.41, 5.74) is 15.2. The molecule has 0 spiro atoms. The van der Waals surface area contributed by atoms with Crippen LogP contribution in [0.1, 0.15) is 107 Å². The van der Waals surface area contributed by atoms with Crippen LogP contribution in [-0.2, 0) is 4.57 Å². The first-order valence-electron chi connectivity index (χ1n) is 22.0. The van der Waals surface area contributed by atoms with E-state index in [0.29, 0.717) is 60.1 Å². The fourth-order valence-electron chi connectivity index (χ4n) is 7.32. The molecule has 0 aliphatic carbocycles. The molecule has 7 heterocycles. The maximum absolute atomic E-state index is 12.3. The number of rotatable bonds is 3. The van der Waals surface area contributed by atoms with Gasteiger partial charge in [0.05, 0.1) is 39.6 Å². The number of nitrogens with two attached hydrogens (primary N) is 1. The zero-order valence-corrected chi connectivity index (χ0v) is 45.4. The Kier molecular flexibility index (Phi) is 17.5. The van der Waals surface area contributed by atoms with E-state index in [1.807, 2.05) is 48.5 Å². The minimum Gasteiger partial charge on any atom is -0.711 e. The molecule has 4 aromatic heterocycles. The second kappa shape index (κ2) is 23.0. The standard InChI is InChI=1S/C15H11ClN2O2.C15H12N2O3.C15H12N2O2.C7H9ClN2.Cl3OP/c1-8-7-12(17-13(16)9(8)2)18-14(19)10-5-3-4-6-11(10)15(18)20;1-9-7-13(16(20)8-10(9)2)17-14(18)11-5-3-4-6-12(11)15(17)19;1-9-7-13(16-8-10(9)2)17-14(18)11-5-3-4-6-12(11)15(17)19;1-4-3-6(9)10-7(8)5(4)2;1-5(2,3)4/h3-7H,1-2H3;3-8H,1-2H3;3-8H,1-2H3;3H,1-2H3,(H2,9,10);. The van der Waals surface area contributed by atoms with Gasteiger partial charge in [-0.25, -0.2) is 39.1 Å². The summed E-state index contributed by atoms with van der Waals surface area (Å²) in [6.45, 7) is 15.1. The first-order chi connectivity index (χ1) is 34.7. The third kappa shape index (κ3) is 12.3. The molecule has 0 atom stereocenters. The van der Waals surface area contributed by atoms with Crippen LogP contribution < -0.4 is 25.2 Å². The van der Waals surface area contributed by atoms with Crippen molar-refractivity contribution in [3.05, 3.63) is 203 Å². The Bertz CT molecular complexity index is 3360. The van der Waals surface area contributed by atoms with Crippen molar-refractivity contribution in [1.82, 2.24) is 15.0 Å². The first-order valence-corrected chi connectivity index (χ1v) is 27.2. The molecule has 0 saturated heterocycles. The van der Waals surface area contributed by atoms with Crippen molar-refractivity contribution in [3.63, 3.8) is 0 Å². The van der Waals surface area contributed by atoms with Crippen molar-refractivity contribution in [2.75, 3.05) is 20.4 Å². The van der Waals surface area contributed by atoms with Crippen LogP contribution in [0.15, 0.2) is 109 Å². The van der Waals surface area contributed by atoms with Gasteiger partial charge in [-0.1, -0.05) is 59.6 Å². The molecule has 380 valence electrons. The molecule has 0 unspecified atom stereocenters. The van der Waals surface area contributed by atoms with Crippen molar-refractivity contribution in [3.8, 4) is 0 Å². The SMILES string of the molecule is Cc1cc(N)nc(Cl)c1C.Cc1cc(N2C(=O)c3ccccc3C2=O)[n+]([O-])cc1C.Cc1cc(N2C(=O)c3ccccc3C2=O)nc(Cl)c1C.Cc1cnc(N2C(=O)c3ccccc3C2=O)cc1C.O=P(Cl)(Cl)Cl. The molecule has 3 aromatic carbocycles. The van der Waals surface area contributed by atoms with Gasteiger partial charge in [-0.3, -0.25) is 23.7 Å². The van der Waals surface area contributed by atoms with E-state index in [4.69, 9.17) is 28.9 Å². The highest BCUT2D eigenvalue weighted by Crippen LogP contribution is 2.61. The molecule has 7 aromatic rings. The molecule has 3 aliphatic rings. The average molecular weight is 1120 g/mol. The number of aryl methyl sites for hydroxylation is 6. The van der Waals surface area contributed by atoms with Gasteiger partial charge in [0.25, 0.3) is 29.4 Å². The van der Waals surface area contributed by atoms with Crippen molar-refractivity contribution < 1.29 is 38.1 Å². The maximum Gasteiger partial charge on any atom is 0.349 e. The van der Waals surface area contributed by atoms with Gasteiger partial charge in [-0.2, -0.15) is 0 Å². The first kappa shape index (κ1) is 56.3. The van der Waals surface area contributed by atoms with Crippen molar-refractivity contribution in [1.29, 1.82) is 0 Å². The lowest BCUT2D eigenvalue weighted by atomic mass is 10.1. The number of hydrogen-bond acceptors (Lipinski definition) is 12. The Hall–Kier alpha value is -7.04. The average Bonchev–Trinajstić information content (AvgIpc) is 3.86. The summed E-state index contributed by atoms with van der Waals surface area (Å²) in [4.78, 5) is 89.2. The smallest absolute Gasteiger partial charge is 0.349 e. The minimum atomic E-state index is -3.22. The van der Waals surface area contributed by atoms with E-state index >= 15 is 0 Å². The van der Waals surface area contributed by atoms with Crippen molar-refractivity contribution in [2.24, 2.45) is 0 Å². The Labute approximate surface area is 449 Å². The van der Waals surface area contributed by atoms with Crippen LogP contribution in [0.3, 0.4) is 0 Å². The van der Waals surface area contributed by atoms with Gasteiger partial charge in [0, 0.05) is 12.3 Å². The number of nitrogens with zero attached hydrogens (tertiary/aromatic N) is 7. The van der Waals surface area contributed by atoms with E-state index in [-0.39, 0.29) is 35.3 Å². The lowest BCUT2D eigenvalue weighted by Gasteiger charge is -2.15. The van der Waals surface area contributed by atoms with Crippen LogP contribution in [0.25, 0.3) is 0 Å². The Morgan fingerprint density at radius 2 is 0.824 bits per heavy atom. The number of nitrogen functional groups attached to an aromatic ring is 1. The summed E-state index contributed by atoms with van der Waals surface area (Å²) in [5, 5.41) is 9.57. The zero-order chi connectivity index (χ0) is 54.7. The highest BCUT2D eigenvalue weighted by Gasteiger charge is 2.45. The van der Waals surface area contributed by atoms with Crippen LogP contribution in [0.5, 0.6) is 0 Å². The number of fused-ring (bicyclic) bond motifs is 3. The number of carbonyl (C=O) groups excluding carboxylic acids is 6. The van der Waals surface area contributed by atoms with E-state index < -0.39 is 17.0 Å². The summed E-state index contributed by atoms with van der Waals surface area (Å²) < 4.78 is 10.1. The molecule has 0 saturated carbocycles. The molecular weight excluding hydrogens is 1070 g/mol. The van der Waals surface area contributed by atoms with Gasteiger partial charge in [0.1, 0.15) is 27.8 Å². The summed E-state index contributed by atoms with van der Waals surface area (Å²) >= 11 is 25.6. The van der Waals surface area contributed by atoms with Crippen LogP contribution in [0.2, 0.25) is 10.3 Å². The second-order valence-electron chi connectivity index (χ2n) is 16.8. The Morgan fingerprint density at radius 3 is 1.20 bits per heavy atom. The maximum atomic E-state index is 12.3. The number of pyridine rings is 4. The molecule has 22 heteroatoms. The number of aromatic nitrogens is 4. The van der Waals surface area contributed by atoms with Gasteiger partial charge in [-0.15, -0.1) is 4.90 Å². The fourth-order valence-corrected chi connectivity index (χ4v) is 7.80. The number of hydrogen-bond donors (Lipinski definition) is 1. The molecule has 16 nitrogen and oxygen atoms in total. The Balaban J connectivity index is 0.000000159. The molecule has 6 amide bonds. The monoisotopic (exact) mass is 1110 g/mol. The van der Waals surface area contributed by atoms with E-state index in [0.717, 1.165) is 59.2 Å². The quantitative estimate of drug-likeness (QED) is 0.0574. The molecule has 3 aliphatic heterocycles. The highest BCUT2D eigenvalue weighted by molar-refractivity contribution is 8.24. The second-order valence-corrected chi connectivity index (χ2v) is 24.2.